The van der Waals surface area contributed by atoms with E-state index in [0.717, 1.165) is 12.8 Å². The molecule has 3 atom stereocenters. The van der Waals surface area contributed by atoms with Crippen LogP contribution < -0.4 is 10.6 Å². The maximum Gasteiger partial charge on any atom is 0.220 e. The quantitative estimate of drug-likeness (QED) is 0.791. The Morgan fingerprint density at radius 3 is 2.53 bits per heavy atom. The van der Waals surface area contributed by atoms with Crippen molar-refractivity contribution in [2.45, 2.75) is 76.9 Å². The number of hydrogen-bond acceptors (Lipinski definition) is 2. The van der Waals surface area contributed by atoms with Crippen molar-refractivity contribution in [3.05, 3.63) is 0 Å². The van der Waals surface area contributed by atoms with E-state index < -0.39 is 0 Å². The minimum atomic E-state index is 0.269. The summed E-state index contributed by atoms with van der Waals surface area (Å²) in [5.74, 6) is 0.922. The van der Waals surface area contributed by atoms with Gasteiger partial charge >= 0.3 is 0 Å². The monoisotopic (exact) mass is 238 g/mol. The molecule has 0 aromatic heterocycles. The Balaban J connectivity index is 1.73. The van der Waals surface area contributed by atoms with Crippen LogP contribution in [0.15, 0.2) is 0 Å². The molecule has 0 spiro atoms. The molecule has 98 valence electrons. The summed E-state index contributed by atoms with van der Waals surface area (Å²) in [6.07, 6.45) is 8.17. The van der Waals surface area contributed by atoms with Gasteiger partial charge in [-0.1, -0.05) is 12.8 Å². The molecule has 0 aromatic rings. The molecule has 1 aliphatic heterocycles. The van der Waals surface area contributed by atoms with Gasteiger partial charge in [-0.2, -0.15) is 0 Å². The van der Waals surface area contributed by atoms with Crippen molar-refractivity contribution in [2.24, 2.45) is 5.92 Å². The van der Waals surface area contributed by atoms with Crippen LogP contribution in [-0.2, 0) is 4.79 Å². The number of hydrogen-bond donors (Lipinski definition) is 2. The number of carbonyl (C=O) groups is 1. The Morgan fingerprint density at radius 1 is 1.18 bits per heavy atom. The van der Waals surface area contributed by atoms with E-state index in [2.05, 4.69) is 24.5 Å². The lowest BCUT2D eigenvalue weighted by molar-refractivity contribution is -0.123. The molecule has 2 aliphatic rings. The highest BCUT2D eigenvalue weighted by Crippen LogP contribution is 2.27. The van der Waals surface area contributed by atoms with Crippen LogP contribution in [-0.4, -0.2) is 24.0 Å². The van der Waals surface area contributed by atoms with Crippen molar-refractivity contribution in [3.63, 3.8) is 0 Å². The van der Waals surface area contributed by atoms with Crippen LogP contribution in [0.3, 0.4) is 0 Å². The third-order valence-corrected chi connectivity index (χ3v) is 4.36. The Bertz CT molecular complexity index is 261. The molecule has 0 radical (unpaired) electrons. The van der Waals surface area contributed by atoms with Gasteiger partial charge in [-0.05, 0) is 45.4 Å². The maximum absolute atomic E-state index is 12.0. The molecule has 3 nitrogen and oxygen atoms in total. The lowest BCUT2D eigenvalue weighted by Gasteiger charge is -2.34. The zero-order chi connectivity index (χ0) is 12.3. The van der Waals surface area contributed by atoms with E-state index in [1.165, 1.54) is 32.1 Å². The molecule has 0 bridgehead atoms. The number of carbonyl (C=O) groups excluding carboxylic acids is 1. The van der Waals surface area contributed by atoms with E-state index in [0.29, 0.717) is 24.0 Å². The fourth-order valence-electron chi connectivity index (χ4n) is 3.27. The Labute approximate surface area is 105 Å². The van der Waals surface area contributed by atoms with Gasteiger partial charge in [0.1, 0.15) is 0 Å². The highest BCUT2D eigenvalue weighted by Gasteiger charge is 2.27. The molecule has 1 amide bonds. The second kappa shape index (κ2) is 5.85. The fourth-order valence-corrected chi connectivity index (χ4v) is 3.27. The van der Waals surface area contributed by atoms with Gasteiger partial charge < -0.3 is 10.6 Å². The summed E-state index contributed by atoms with van der Waals surface area (Å²) in [6, 6.07) is 1.33. The number of amides is 1. The van der Waals surface area contributed by atoms with Crippen molar-refractivity contribution >= 4 is 5.91 Å². The molecule has 3 unspecified atom stereocenters. The van der Waals surface area contributed by atoms with Crippen molar-refractivity contribution in [1.82, 2.24) is 10.6 Å². The van der Waals surface area contributed by atoms with Crippen molar-refractivity contribution < 1.29 is 4.79 Å². The summed E-state index contributed by atoms with van der Waals surface area (Å²) >= 11 is 0. The molecule has 1 saturated carbocycles. The van der Waals surface area contributed by atoms with Crippen LogP contribution in [0.1, 0.15) is 58.8 Å². The first-order valence-corrected chi connectivity index (χ1v) is 7.20. The predicted molar refractivity (Wildman–Crippen MR) is 69.8 cm³/mol. The first kappa shape index (κ1) is 12.9. The van der Waals surface area contributed by atoms with Crippen LogP contribution in [0.25, 0.3) is 0 Å². The lowest BCUT2D eigenvalue weighted by atomic mass is 9.94. The summed E-state index contributed by atoms with van der Waals surface area (Å²) in [5, 5.41) is 6.73. The highest BCUT2D eigenvalue weighted by atomic mass is 16.1. The van der Waals surface area contributed by atoms with E-state index in [1.54, 1.807) is 0 Å². The van der Waals surface area contributed by atoms with Gasteiger partial charge in [-0.25, -0.2) is 0 Å². The largest absolute Gasteiger partial charge is 0.352 e. The molecule has 17 heavy (non-hydrogen) atoms. The van der Waals surface area contributed by atoms with Gasteiger partial charge in [-0.3, -0.25) is 4.79 Å². The van der Waals surface area contributed by atoms with Gasteiger partial charge in [0, 0.05) is 24.5 Å². The number of piperidine rings is 1. The lowest BCUT2D eigenvalue weighted by Crippen LogP contribution is -2.54. The summed E-state index contributed by atoms with van der Waals surface area (Å²) in [4.78, 5) is 12.0. The normalized spacial score (nSPS) is 34.8. The summed E-state index contributed by atoms with van der Waals surface area (Å²) in [5.41, 5.74) is 0. The molecule has 2 fully saturated rings. The molecule has 0 aromatic carbocycles. The SMILES string of the molecule is CC1CCC(NC(=O)CC2CCCC2)C(C)N1. The van der Waals surface area contributed by atoms with Gasteiger partial charge in [0.25, 0.3) is 0 Å². The molecule has 3 heteroatoms. The van der Waals surface area contributed by atoms with E-state index in [-0.39, 0.29) is 5.91 Å². The number of nitrogens with one attached hydrogen (secondary N) is 2. The first-order chi connectivity index (χ1) is 8.15. The Kier molecular flexibility index (Phi) is 4.43. The van der Waals surface area contributed by atoms with Gasteiger partial charge in [0.05, 0.1) is 0 Å². The number of rotatable bonds is 3. The van der Waals surface area contributed by atoms with Gasteiger partial charge in [0.15, 0.2) is 0 Å². The fraction of sp³-hybridized carbons (Fsp3) is 0.929. The average molecular weight is 238 g/mol. The van der Waals surface area contributed by atoms with Gasteiger partial charge in [0.2, 0.25) is 5.91 Å². The summed E-state index contributed by atoms with van der Waals surface area (Å²) in [6.45, 7) is 4.39. The predicted octanol–water partition coefficient (Wildman–Crippen LogP) is 2.21. The van der Waals surface area contributed by atoms with Crippen LogP contribution in [0.5, 0.6) is 0 Å². The van der Waals surface area contributed by atoms with E-state index in [1.807, 2.05) is 0 Å². The highest BCUT2D eigenvalue weighted by molar-refractivity contribution is 5.76. The summed E-state index contributed by atoms with van der Waals surface area (Å²) < 4.78 is 0. The van der Waals surface area contributed by atoms with Crippen LogP contribution in [0.4, 0.5) is 0 Å². The second-order valence-electron chi connectivity index (χ2n) is 5.96. The van der Waals surface area contributed by atoms with Gasteiger partial charge in [-0.15, -0.1) is 0 Å². The standard InChI is InChI=1S/C14H26N2O/c1-10-7-8-13(11(2)15-10)16-14(17)9-12-5-3-4-6-12/h10-13,15H,3-9H2,1-2H3,(H,16,17). The van der Waals surface area contributed by atoms with E-state index >= 15 is 0 Å². The molecule has 2 N–H and O–H groups in total. The molecular weight excluding hydrogens is 212 g/mol. The molecule has 1 saturated heterocycles. The molecular formula is C14H26N2O. The molecule has 1 aliphatic carbocycles. The zero-order valence-electron chi connectivity index (χ0n) is 11.2. The van der Waals surface area contributed by atoms with Crippen molar-refractivity contribution in [2.75, 3.05) is 0 Å². The van der Waals surface area contributed by atoms with E-state index in [9.17, 15) is 4.79 Å². The zero-order valence-corrected chi connectivity index (χ0v) is 11.2. The summed E-state index contributed by atoms with van der Waals surface area (Å²) in [7, 11) is 0. The van der Waals surface area contributed by atoms with Crippen molar-refractivity contribution in [1.29, 1.82) is 0 Å². The first-order valence-electron chi connectivity index (χ1n) is 7.20. The average Bonchev–Trinajstić information content (AvgIpc) is 2.75. The smallest absolute Gasteiger partial charge is 0.220 e. The minimum Gasteiger partial charge on any atom is -0.352 e. The topological polar surface area (TPSA) is 41.1 Å². The second-order valence-corrected chi connectivity index (χ2v) is 5.96. The van der Waals surface area contributed by atoms with Crippen molar-refractivity contribution in [3.8, 4) is 0 Å². The molecule has 1 heterocycles. The van der Waals surface area contributed by atoms with E-state index in [4.69, 9.17) is 0 Å². The third kappa shape index (κ3) is 3.70. The van der Waals surface area contributed by atoms with Crippen LogP contribution >= 0.6 is 0 Å². The van der Waals surface area contributed by atoms with Crippen LogP contribution in [0, 0.1) is 5.92 Å². The Morgan fingerprint density at radius 2 is 1.88 bits per heavy atom. The Hall–Kier alpha value is -0.570. The third-order valence-electron chi connectivity index (χ3n) is 4.36. The maximum atomic E-state index is 12.0. The molecule has 2 rings (SSSR count). The van der Waals surface area contributed by atoms with Crippen LogP contribution in [0.2, 0.25) is 0 Å². The minimum absolute atomic E-state index is 0.269.